The average molecular weight is 196 g/mol. The van der Waals surface area contributed by atoms with Gasteiger partial charge in [-0.2, -0.15) is 0 Å². The Morgan fingerprint density at radius 3 is 2.79 bits per heavy atom. The Morgan fingerprint density at radius 2 is 2.07 bits per heavy atom. The SMILES string of the molecule is CC1CC(C)N(C2CCCCNC2)C1. The standard InChI is InChI=1S/C12H24N2/c1-10-7-11(2)14(9-10)12-5-3-4-6-13-8-12/h10-13H,3-9H2,1-2H3. The first-order valence-corrected chi connectivity index (χ1v) is 6.24. The van der Waals surface area contributed by atoms with Crippen LogP contribution in [0.15, 0.2) is 0 Å². The number of nitrogens with one attached hydrogen (secondary N) is 1. The van der Waals surface area contributed by atoms with Crippen LogP contribution in [0.1, 0.15) is 39.5 Å². The van der Waals surface area contributed by atoms with Gasteiger partial charge in [0.25, 0.3) is 0 Å². The summed E-state index contributed by atoms with van der Waals surface area (Å²) in [5, 5.41) is 3.57. The zero-order chi connectivity index (χ0) is 9.97. The Morgan fingerprint density at radius 1 is 1.21 bits per heavy atom. The van der Waals surface area contributed by atoms with Crippen molar-refractivity contribution >= 4 is 0 Å². The van der Waals surface area contributed by atoms with Crippen LogP contribution in [-0.4, -0.2) is 36.6 Å². The van der Waals surface area contributed by atoms with E-state index in [1.165, 1.54) is 45.3 Å². The highest BCUT2D eigenvalue weighted by Crippen LogP contribution is 2.26. The molecule has 2 nitrogen and oxygen atoms in total. The fourth-order valence-electron chi connectivity index (χ4n) is 3.12. The third kappa shape index (κ3) is 2.29. The largest absolute Gasteiger partial charge is 0.315 e. The Kier molecular flexibility index (Phi) is 3.45. The van der Waals surface area contributed by atoms with Gasteiger partial charge < -0.3 is 5.32 Å². The Hall–Kier alpha value is -0.0800. The van der Waals surface area contributed by atoms with Gasteiger partial charge in [0.15, 0.2) is 0 Å². The summed E-state index contributed by atoms with van der Waals surface area (Å²) >= 11 is 0. The van der Waals surface area contributed by atoms with Crippen LogP contribution < -0.4 is 5.32 Å². The molecule has 0 spiro atoms. The summed E-state index contributed by atoms with van der Waals surface area (Å²) in [5.74, 6) is 0.910. The van der Waals surface area contributed by atoms with Gasteiger partial charge in [-0.3, -0.25) is 4.90 Å². The molecule has 2 heterocycles. The molecule has 14 heavy (non-hydrogen) atoms. The first-order chi connectivity index (χ1) is 6.77. The molecule has 2 aliphatic rings. The van der Waals surface area contributed by atoms with Gasteiger partial charge in [0.2, 0.25) is 0 Å². The first-order valence-electron chi connectivity index (χ1n) is 6.24. The zero-order valence-corrected chi connectivity index (χ0v) is 9.63. The monoisotopic (exact) mass is 196 g/mol. The van der Waals surface area contributed by atoms with E-state index in [9.17, 15) is 0 Å². The maximum absolute atomic E-state index is 3.57. The van der Waals surface area contributed by atoms with Gasteiger partial charge in [-0.1, -0.05) is 13.3 Å². The second-order valence-electron chi connectivity index (χ2n) is 5.24. The fourth-order valence-corrected chi connectivity index (χ4v) is 3.12. The van der Waals surface area contributed by atoms with Crippen LogP contribution in [0.5, 0.6) is 0 Å². The minimum Gasteiger partial charge on any atom is -0.315 e. The number of hydrogen-bond donors (Lipinski definition) is 1. The Bertz CT molecular complexity index is 173. The van der Waals surface area contributed by atoms with Crippen LogP contribution in [0.3, 0.4) is 0 Å². The summed E-state index contributed by atoms with van der Waals surface area (Å²) in [6.07, 6.45) is 5.59. The van der Waals surface area contributed by atoms with Crippen molar-refractivity contribution in [2.24, 2.45) is 5.92 Å². The number of rotatable bonds is 1. The second-order valence-corrected chi connectivity index (χ2v) is 5.24. The summed E-state index contributed by atoms with van der Waals surface area (Å²) in [7, 11) is 0. The molecule has 0 amide bonds. The van der Waals surface area contributed by atoms with Gasteiger partial charge in [-0.15, -0.1) is 0 Å². The lowest BCUT2D eigenvalue weighted by atomic mass is 10.1. The molecule has 0 radical (unpaired) electrons. The third-order valence-corrected chi connectivity index (χ3v) is 3.82. The van der Waals surface area contributed by atoms with Crippen molar-refractivity contribution in [2.45, 2.75) is 51.6 Å². The topological polar surface area (TPSA) is 15.3 Å². The van der Waals surface area contributed by atoms with Gasteiger partial charge in [0.05, 0.1) is 0 Å². The molecule has 0 bridgehead atoms. The summed E-state index contributed by atoms with van der Waals surface area (Å²) in [4.78, 5) is 2.74. The van der Waals surface area contributed by atoms with Crippen LogP contribution in [0.25, 0.3) is 0 Å². The molecule has 2 aliphatic heterocycles. The summed E-state index contributed by atoms with van der Waals surface area (Å²) in [6.45, 7) is 8.56. The van der Waals surface area contributed by atoms with Gasteiger partial charge in [0, 0.05) is 25.2 Å². The van der Waals surface area contributed by atoms with Gasteiger partial charge >= 0.3 is 0 Å². The van der Waals surface area contributed by atoms with E-state index in [-0.39, 0.29) is 0 Å². The molecule has 0 saturated carbocycles. The molecule has 2 rings (SSSR count). The zero-order valence-electron chi connectivity index (χ0n) is 9.63. The van der Waals surface area contributed by atoms with E-state index in [0.717, 1.165) is 18.0 Å². The van der Waals surface area contributed by atoms with Crippen molar-refractivity contribution in [3.05, 3.63) is 0 Å². The number of hydrogen-bond acceptors (Lipinski definition) is 2. The molecule has 0 aromatic carbocycles. The normalized spacial score (nSPS) is 41.1. The van der Waals surface area contributed by atoms with E-state index in [1.807, 2.05) is 0 Å². The van der Waals surface area contributed by atoms with Crippen molar-refractivity contribution < 1.29 is 0 Å². The van der Waals surface area contributed by atoms with Crippen molar-refractivity contribution in [1.82, 2.24) is 10.2 Å². The molecular weight excluding hydrogens is 172 g/mol. The maximum atomic E-state index is 3.57. The molecule has 2 saturated heterocycles. The van der Waals surface area contributed by atoms with E-state index >= 15 is 0 Å². The number of likely N-dealkylation sites (tertiary alicyclic amines) is 1. The van der Waals surface area contributed by atoms with Crippen molar-refractivity contribution in [1.29, 1.82) is 0 Å². The molecule has 0 aromatic rings. The van der Waals surface area contributed by atoms with Crippen molar-refractivity contribution in [2.75, 3.05) is 19.6 Å². The highest BCUT2D eigenvalue weighted by Gasteiger charge is 2.31. The molecule has 0 aliphatic carbocycles. The molecule has 2 heteroatoms. The summed E-state index contributed by atoms with van der Waals surface area (Å²) in [6, 6.07) is 1.63. The Balaban J connectivity index is 1.92. The van der Waals surface area contributed by atoms with E-state index in [2.05, 4.69) is 24.1 Å². The lowest BCUT2D eigenvalue weighted by Crippen LogP contribution is -2.43. The quantitative estimate of drug-likeness (QED) is 0.688. The minimum absolute atomic E-state index is 0.815. The predicted molar refractivity (Wildman–Crippen MR) is 60.5 cm³/mol. The molecule has 3 atom stereocenters. The lowest BCUT2D eigenvalue weighted by molar-refractivity contribution is 0.178. The van der Waals surface area contributed by atoms with E-state index in [0.29, 0.717) is 0 Å². The first kappa shape index (κ1) is 10.4. The fraction of sp³-hybridized carbons (Fsp3) is 1.00. The molecule has 82 valence electrons. The molecule has 0 aromatic heterocycles. The predicted octanol–water partition coefficient (Wildman–Crippen LogP) is 1.86. The Labute approximate surface area is 88.1 Å². The molecular formula is C12H24N2. The molecule has 2 fully saturated rings. The summed E-state index contributed by atoms with van der Waals surface area (Å²) in [5.41, 5.74) is 0. The smallest absolute Gasteiger partial charge is 0.0223 e. The van der Waals surface area contributed by atoms with Crippen molar-refractivity contribution in [3.8, 4) is 0 Å². The second kappa shape index (κ2) is 4.63. The molecule has 1 N–H and O–H groups in total. The average Bonchev–Trinajstić information content (AvgIpc) is 2.43. The lowest BCUT2D eigenvalue weighted by Gasteiger charge is -2.30. The minimum atomic E-state index is 0.815. The van der Waals surface area contributed by atoms with Crippen LogP contribution in [-0.2, 0) is 0 Å². The van der Waals surface area contributed by atoms with Gasteiger partial charge in [-0.25, -0.2) is 0 Å². The highest BCUT2D eigenvalue weighted by molar-refractivity contribution is 4.87. The summed E-state index contributed by atoms with van der Waals surface area (Å²) < 4.78 is 0. The molecule has 3 unspecified atom stereocenters. The van der Waals surface area contributed by atoms with Crippen LogP contribution >= 0.6 is 0 Å². The van der Waals surface area contributed by atoms with Gasteiger partial charge in [0.1, 0.15) is 0 Å². The van der Waals surface area contributed by atoms with Crippen LogP contribution in [0, 0.1) is 5.92 Å². The van der Waals surface area contributed by atoms with Crippen LogP contribution in [0.4, 0.5) is 0 Å². The number of nitrogens with zero attached hydrogens (tertiary/aromatic N) is 1. The maximum Gasteiger partial charge on any atom is 0.0223 e. The highest BCUT2D eigenvalue weighted by atomic mass is 15.2. The van der Waals surface area contributed by atoms with Gasteiger partial charge in [-0.05, 0) is 38.6 Å². The van der Waals surface area contributed by atoms with E-state index in [1.54, 1.807) is 0 Å². The third-order valence-electron chi connectivity index (χ3n) is 3.82. The van der Waals surface area contributed by atoms with E-state index < -0.39 is 0 Å². The van der Waals surface area contributed by atoms with Crippen molar-refractivity contribution in [3.63, 3.8) is 0 Å². The van der Waals surface area contributed by atoms with E-state index in [4.69, 9.17) is 0 Å². The van der Waals surface area contributed by atoms with Crippen LogP contribution in [0.2, 0.25) is 0 Å².